The van der Waals surface area contributed by atoms with Gasteiger partial charge in [-0.25, -0.2) is 18.7 Å². The van der Waals surface area contributed by atoms with Crippen LogP contribution in [0.5, 0.6) is 0 Å². The number of hydrogen-bond donors (Lipinski definition) is 8. The fourth-order valence-electron chi connectivity index (χ4n) is 5.44. The van der Waals surface area contributed by atoms with Gasteiger partial charge in [-0.15, -0.1) is 0 Å². The minimum atomic E-state index is -1.18. The van der Waals surface area contributed by atoms with Crippen LogP contribution in [0, 0.1) is 0 Å². The molecule has 0 saturated heterocycles. The van der Waals surface area contributed by atoms with E-state index in [1.165, 1.54) is 10.1 Å². The number of carboxylic acids is 4. The van der Waals surface area contributed by atoms with Crippen LogP contribution in [-0.2, 0) is 25.7 Å². The molecule has 11 N–H and O–H groups in total. The lowest BCUT2D eigenvalue weighted by molar-refractivity contribution is -0.524. The lowest BCUT2D eigenvalue weighted by Crippen LogP contribution is -2.64. The normalized spacial score (nSPS) is 15.0. The van der Waals surface area contributed by atoms with Crippen molar-refractivity contribution in [3.8, 4) is 0 Å². The highest BCUT2D eigenvalue weighted by Gasteiger charge is 2.38. The van der Waals surface area contributed by atoms with Gasteiger partial charge in [0.1, 0.15) is 23.5 Å². The van der Waals surface area contributed by atoms with Gasteiger partial charge in [-0.2, -0.15) is 0 Å². The summed E-state index contributed by atoms with van der Waals surface area (Å²) in [7, 11) is 0. The molecule has 16 heteroatoms. The Morgan fingerprint density at radius 2 is 1.27 bits per heavy atom. The second-order valence-electron chi connectivity index (χ2n) is 12.6. The zero-order valence-corrected chi connectivity index (χ0v) is 28.7. The van der Waals surface area contributed by atoms with E-state index in [0.29, 0.717) is 12.5 Å². The van der Waals surface area contributed by atoms with E-state index in [2.05, 4.69) is 19.2 Å². The van der Waals surface area contributed by atoms with Crippen molar-refractivity contribution in [2.45, 2.75) is 51.2 Å². The SMILES string of the molecule is CC=[N+](CC(=O)O)CC(N)(CN)CN(CCN(CC(=O)O)CC(CN)(C[N+](=CC)CC(=O)O)NCc1ccc(C(C)C)cc1)CC(=O)O. The molecule has 0 aliphatic rings. The van der Waals surface area contributed by atoms with E-state index in [4.69, 9.17) is 17.2 Å². The largest absolute Gasteiger partial charge is 0.480 e. The predicted octanol–water partition coefficient (Wildman–Crippen LogP) is -1.60. The molecule has 1 rings (SSSR count). The lowest BCUT2D eigenvalue weighted by Gasteiger charge is -2.38. The highest BCUT2D eigenvalue weighted by Crippen LogP contribution is 2.16. The van der Waals surface area contributed by atoms with Gasteiger partial charge >= 0.3 is 23.9 Å². The number of carboxylic acid groups (broad SMARTS) is 4. The molecule has 48 heavy (non-hydrogen) atoms. The quantitative estimate of drug-likeness (QED) is 0.0428. The highest BCUT2D eigenvalue weighted by molar-refractivity contribution is 5.70. The van der Waals surface area contributed by atoms with Crippen molar-refractivity contribution in [1.29, 1.82) is 0 Å². The van der Waals surface area contributed by atoms with Crippen LogP contribution in [-0.4, -0.2) is 165 Å². The number of nitrogens with zero attached hydrogens (tertiary/aromatic N) is 4. The Morgan fingerprint density at radius 1 is 0.792 bits per heavy atom. The van der Waals surface area contributed by atoms with Crippen molar-refractivity contribution in [3.63, 3.8) is 0 Å². The average molecular weight is 681 g/mol. The van der Waals surface area contributed by atoms with Gasteiger partial charge in [0.05, 0.1) is 13.1 Å². The number of rotatable bonds is 25. The van der Waals surface area contributed by atoms with Gasteiger partial charge in [0, 0.05) is 59.7 Å². The molecule has 0 amide bonds. The summed E-state index contributed by atoms with van der Waals surface area (Å²) < 4.78 is 3.08. The predicted molar refractivity (Wildman–Crippen MR) is 182 cm³/mol. The number of aliphatic carboxylic acids is 4. The average Bonchev–Trinajstić information content (AvgIpc) is 3.00. The Bertz CT molecular complexity index is 1270. The highest BCUT2D eigenvalue weighted by atomic mass is 16.4. The van der Waals surface area contributed by atoms with E-state index in [9.17, 15) is 39.6 Å². The van der Waals surface area contributed by atoms with Crippen LogP contribution in [0.3, 0.4) is 0 Å². The Hall–Kier alpha value is -3.80. The zero-order valence-electron chi connectivity index (χ0n) is 28.7. The fraction of sp³-hybridized carbons (Fsp3) is 0.625. The molecule has 0 aromatic heterocycles. The van der Waals surface area contributed by atoms with Gasteiger partial charge in [-0.3, -0.25) is 24.7 Å². The van der Waals surface area contributed by atoms with E-state index in [1.807, 2.05) is 24.3 Å². The van der Waals surface area contributed by atoms with E-state index in [0.717, 1.165) is 5.56 Å². The molecule has 0 bridgehead atoms. The third kappa shape index (κ3) is 15.9. The van der Waals surface area contributed by atoms with E-state index >= 15 is 0 Å². The molecule has 0 spiro atoms. The first-order chi connectivity index (χ1) is 22.5. The van der Waals surface area contributed by atoms with Crippen LogP contribution in [0.4, 0.5) is 0 Å². The fourth-order valence-corrected chi connectivity index (χ4v) is 5.44. The van der Waals surface area contributed by atoms with Crippen molar-refractivity contribution in [2.75, 3.05) is 78.5 Å². The minimum Gasteiger partial charge on any atom is -0.480 e. The Kier molecular flexibility index (Phi) is 18.1. The second kappa shape index (κ2) is 20.5. The molecule has 2 unspecified atom stereocenters. The van der Waals surface area contributed by atoms with Crippen LogP contribution in [0.15, 0.2) is 24.3 Å². The molecule has 1 aromatic carbocycles. The molecule has 0 aliphatic heterocycles. The zero-order chi connectivity index (χ0) is 36.5. The molecule has 0 aliphatic carbocycles. The number of carbonyl (C=O) groups is 4. The Labute approximate surface area is 282 Å². The molecule has 0 heterocycles. The maximum Gasteiger partial charge on any atom is 0.369 e. The third-order valence-electron chi connectivity index (χ3n) is 8.06. The van der Waals surface area contributed by atoms with Gasteiger partial charge in [-0.1, -0.05) is 38.1 Å². The van der Waals surface area contributed by atoms with Crippen molar-refractivity contribution < 1.29 is 48.8 Å². The minimum absolute atomic E-state index is 0.00942. The van der Waals surface area contributed by atoms with E-state index in [-0.39, 0.29) is 65.4 Å². The first-order valence-electron chi connectivity index (χ1n) is 15.9. The van der Waals surface area contributed by atoms with E-state index < -0.39 is 48.0 Å². The maximum atomic E-state index is 12.0. The van der Waals surface area contributed by atoms with E-state index in [1.54, 1.807) is 40.7 Å². The van der Waals surface area contributed by atoms with Crippen LogP contribution in [0.2, 0.25) is 0 Å². The lowest BCUT2D eigenvalue weighted by atomic mass is 9.96. The van der Waals surface area contributed by atoms with Crippen LogP contribution >= 0.6 is 0 Å². The molecule has 16 nitrogen and oxygen atoms in total. The molecule has 0 radical (unpaired) electrons. The summed E-state index contributed by atoms with van der Waals surface area (Å²) in [5, 5.41) is 41.7. The molecule has 1 aromatic rings. The third-order valence-corrected chi connectivity index (χ3v) is 8.06. The molecular formula is C32H56N8O8+2. The number of nitrogens with two attached hydrogens (primary N) is 3. The van der Waals surface area contributed by atoms with Crippen molar-refractivity contribution in [2.24, 2.45) is 17.2 Å². The molecular weight excluding hydrogens is 624 g/mol. The first kappa shape index (κ1) is 42.2. The van der Waals surface area contributed by atoms with Crippen LogP contribution in [0.25, 0.3) is 0 Å². The Balaban J connectivity index is 3.37. The summed E-state index contributed by atoms with van der Waals surface area (Å²) in [5.41, 5.74) is 18.9. The summed E-state index contributed by atoms with van der Waals surface area (Å²) in [6.45, 7) is 6.93. The molecule has 2 atom stereocenters. The Morgan fingerprint density at radius 3 is 1.67 bits per heavy atom. The van der Waals surface area contributed by atoms with Crippen molar-refractivity contribution in [3.05, 3.63) is 35.4 Å². The maximum absolute atomic E-state index is 12.0. The summed E-state index contributed by atoms with van der Waals surface area (Å²) in [6, 6.07) is 8.06. The molecule has 270 valence electrons. The summed E-state index contributed by atoms with van der Waals surface area (Å²) in [6.07, 6.45) is 3.21. The monoisotopic (exact) mass is 680 g/mol. The number of hydrogen-bond acceptors (Lipinski definition) is 10. The van der Waals surface area contributed by atoms with Gasteiger partial charge in [0.2, 0.25) is 13.1 Å². The number of benzene rings is 1. The smallest absolute Gasteiger partial charge is 0.369 e. The molecule has 0 saturated carbocycles. The van der Waals surface area contributed by atoms with Gasteiger partial charge in [0.25, 0.3) is 0 Å². The molecule has 0 fully saturated rings. The summed E-state index contributed by atoms with van der Waals surface area (Å²) >= 11 is 0. The topological polar surface area (TPSA) is 252 Å². The van der Waals surface area contributed by atoms with Crippen molar-refractivity contribution >= 4 is 36.3 Å². The van der Waals surface area contributed by atoms with Gasteiger partial charge in [0.15, 0.2) is 13.1 Å². The van der Waals surface area contributed by atoms with Crippen molar-refractivity contribution in [1.82, 2.24) is 15.1 Å². The summed E-state index contributed by atoms with van der Waals surface area (Å²) in [4.78, 5) is 49.9. The van der Waals surface area contributed by atoms with Gasteiger partial charge < -0.3 is 37.6 Å². The van der Waals surface area contributed by atoms with Crippen LogP contribution < -0.4 is 22.5 Å². The van der Waals surface area contributed by atoms with Crippen LogP contribution in [0.1, 0.15) is 44.7 Å². The summed E-state index contributed by atoms with van der Waals surface area (Å²) in [5.74, 6) is -3.99. The van der Waals surface area contributed by atoms with Gasteiger partial charge in [-0.05, 0) is 17.0 Å². The standard InChI is InChI=1S/C32H54N8O8/c1-5-37(14-27(41)42)20-31(35,18-33)21-39(16-29(45)46)11-12-40(17-30(47)48)23-32(19-34,22-38(6-2)15-28(43)44)36-13-25-7-9-26(10-8-25)24(3)4/h5-10,24,36H,11-23,33-35H2,1-4H3,(H2-2,41,42,43,44,45,46,47,48)/p+2. The first-order valence-corrected chi connectivity index (χ1v) is 15.9. The number of nitrogens with one attached hydrogen (secondary N) is 1. The second-order valence-corrected chi connectivity index (χ2v) is 12.6.